The van der Waals surface area contributed by atoms with E-state index in [1.165, 1.54) is 24.3 Å². The van der Waals surface area contributed by atoms with E-state index in [9.17, 15) is 8.42 Å². The van der Waals surface area contributed by atoms with Gasteiger partial charge in [-0.3, -0.25) is 4.55 Å². The molecule has 9 nitrogen and oxygen atoms in total. The molecule has 0 unspecified atom stereocenters. The molecule has 0 radical (unpaired) electrons. The maximum absolute atomic E-state index is 11.1. The molecule has 0 atom stereocenters. The molecule has 0 saturated carbocycles. The molecule has 3 aromatic carbocycles. The van der Waals surface area contributed by atoms with Crippen molar-refractivity contribution in [2.75, 3.05) is 11.5 Å². The third kappa shape index (κ3) is 4.81. The molecule has 3 aromatic rings. The minimum absolute atomic E-state index is 0.214. The van der Waals surface area contributed by atoms with Crippen LogP contribution in [-0.4, -0.2) is 13.0 Å². The highest BCUT2D eigenvalue weighted by atomic mass is 32.2. The second-order valence-electron chi connectivity index (χ2n) is 6.09. The second kappa shape index (κ2) is 8.17. The Morgan fingerprint density at radius 2 is 1.38 bits per heavy atom. The van der Waals surface area contributed by atoms with Crippen molar-refractivity contribution < 1.29 is 13.0 Å². The molecule has 0 fully saturated rings. The van der Waals surface area contributed by atoms with Gasteiger partial charge in [-0.25, -0.2) is 0 Å². The van der Waals surface area contributed by atoms with Crippen molar-refractivity contribution in [3.05, 3.63) is 66.2 Å². The lowest BCUT2D eigenvalue weighted by Crippen LogP contribution is -1.96. The molecule has 0 aliphatic heterocycles. The SMILES string of the molecule is Cc1cc(N=Nc2ccc(S(=O)(=O)O)cc2)c(N)c(N=Nc2ccccc2)c1N. The summed E-state index contributed by atoms with van der Waals surface area (Å²) in [5, 5.41) is 16.5. The van der Waals surface area contributed by atoms with Crippen LogP contribution in [-0.2, 0) is 10.1 Å². The molecular formula is C19H18N6O3S. The average Bonchev–Trinajstić information content (AvgIpc) is 2.70. The molecule has 3 rings (SSSR count). The van der Waals surface area contributed by atoms with E-state index in [1.807, 2.05) is 18.2 Å². The van der Waals surface area contributed by atoms with Crippen LogP contribution in [0, 0.1) is 6.92 Å². The van der Waals surface area contributed by atoms with E-state index in [4.69, 9.17) is 16.0 Å². The normalized spacial score (nSPS) is 12.1. The Morgan fingerprint density at radius 3 is 2.00 bits per heavy atom. The highest BCUT2D eigenvalue weighted by Crippen LogP contribution is 2.41. The fourth-order valence-electron chi connectivity index (χ4n) is 2.40. The summed E-state index contributed by atoms with van der Waals surface area (Å²) in [5.41, 5.74) is 15.2. The van der Waals surface area contributed by atoms with E-state index in [2.05, 4.69) is 20.5 Å². The zero-order valence-corrected chi connectivity index (χ0v) is 16.2. The van der Waals surface area contributed by atoms with Crippen molar-refractivity contribution in [3.63, 3.8) is 0 Å². The van der Waals surface area contributed by atoms with E-state index in [0.717, 1.165) is 0 Å². The molecule has 0 aliphatic rings. The Bertz CT molecular complexity index is 1190. The Morgan fingerprint density at radius 1 is 0.793 bits per heavy atom. The summed E-state index contributed by atoms with van der Waals surface area (Å²) in [7, 11) is -4.27. The summed E-state index contributed by atoms with van der Waals surface area (Å²) >= 11 is 0. The number of aryl methyl sites for hydroxylation is 1. The standard InChI is InChI=1S/C19H18N6O3S/c1-12-11-16(24-22-14-7-9-15(10-8-14)29(26,27)28)18(21)19(17(12)20)25-23-13-5-3-2-4-6-13/h2-11H,20-21H2,1H3,(H,26,27,28). The van der Waals surface area contributed by atoms with Crippen LogP contribution in [0.3, 0.4) is 0 Å². The molecule has 0 aliphatic carbocycles. The fraction of sp³-hybridized carbons (Fsp3) is 0.0526. The topological polar surface area (TPSA) is 156 Å². The van der Waals surface area contributed by atoms with Gasteiger partial charge in [0.2, 0.25) is 0 Å². The molecule has 0 bridgehead atoms. The summed E-state index contributed by atoms with van der Waals surface area (Å²) in [4.78, 5) is -0.233. The number of hydrogen-bond donors (Lipinski definition) is 3. The number of azo groups is 2. The maximum Gasteiger partial charge on any atom is 0.294 e. The predicted molar refractivity (Wildman–Crippen MR) is 111 cm³/mol. The van der Waals surface area contributed by atoms with Crippen LogP contribution >= 0.6 is 0 Å². The van der Waals surface area contributed by atoms with E-state index >= 15 is 0 Å². The molecule has 148 valence electrons. The van der Waals surface area contributed by atoms with E-state index in [1.54, 1.807) is 25.1 Å². The van der Waals surface area contributed by atoms with Crippen molar-refractivity contribution in [2.24, 2.45) is 20.5 Å². The molecule has 5 N–H and O–H groups in total. The first kappa shape index (κ1) is 20.1. The highest BCUT2D eigenvalue weighted by molar-refractivity contribution is 7.85. The lowest BCUT2D eigenvalue weighted by atomic mass is 10.1. The van der Waals surface area contributed by atoms with Gasteiger partial charge in [0, 0.05) is 0 Å². The summed E-state index contributed by atoms with van der Waals surface area (Å²) in [6, 6.07) is 16.1. The Balaban J connectivity index is 1.93. The molecule has 0 amide bonds. The zero-order chi connectivity index (χ0) is 21.0. The van der Waals surface area contributed by atoms with Gasteiger partial charge in [0.05, 0.1) is 27.6 Å². The van der Waals surface area contributed by atoms with Gasteiger partial charge in [0.25, 0.3) is 10.1 Å². The number of hydrogen-bond acceptors (Lipinski definition) is 8. The van der Waals surface area contributed by atoms with Gasteiger partial charge < -0.3 is 11.5 Å². The summed E-state index contributed by atoms with van der Waals surface area (Å²) in [6.07, 6.45) is 0. The molecule has 0 aromatic heterocycles. The van der Waals surface area contributed by atoms with Crippen LogP contribution in [0.5, 0.6) is 0 Å². The molecule has 0 spiro atoms. The van der Waals surface area contributed by atoms with E-state index < -0.39 is 10.1 Å². The molecule has 29 heavy (non-hydrogen) atoms. The van der Waals surface area contributed by atoms with Crippen LogP contribution in [0.2, 0.25) is 0 Å². The largest absolute Gasteiger partial charge is 0.397 e. The maximum atomic E-state index is 11.1. The quantitative estimate of drug-likeness (QED) is 0.298. The zero-order valence-electron chi connectivity index (χ0n) is 15.4. The van der Waals surface area contributed by atoms with Gasteiger partial charge in [0.1, 0.15) is 11.4 Å². The van der Waals surface area contributed by atoms with Gasteiger partial charge in [-0.2, -0.15) is 18.6 Å². The first-order valence-corrected chi connectivity index (χ1v) is 9.84. The number of rotatable bonds is 5. The number of benzene rings is 3. The van der Waals surface area contributed by atoms with E-state index in [-0.39, 0.29) is 10.6 Å². The lowest BCUT2D eigenvalue weighted by molar-refractivity contribution is 0.483. The number of nitrogens with zero attached hydrogens (tertiary/aromatic N) is 4. The van der Waals surface area contributed by atoms with Gasteiger partial charge in [0.15, 0.2) is 0 Å². The minimum Gasteiger partial charge on any atom is -0.397 e. The Hall–Kier alpha value is -3.63. The number of anilines is 2. The van der Waals surface area contributed by atoms with Crippen molar-refractivity contribution in [1.82, 2.24) is 0 Å². The van der Waals surface area contributed by atoms with Crippen LogP contribution < -0.4 is 11.5 Å². The van der Waals surface area contributed by atoms with E-state index in [0.29, 0.717) is 34.0 Å². The third-order valence-electron chi connectivity index (χ3n) is 3.99. The van der Waals surface area contributed by atoms with Crippen molar-refractivity contribution in [2.45, 2.75) is 11.8 Å². The summed E-state index contributed by atoms with van der Waals surface area (Å²) in [6.45, 7) is 1.79. The molecular weight excluding hydrogens is 392 g/mol. The van der Waals surface area contributed by atoms with Crippen LogP contribution in [0.4, 0.5) is 34.1 Å². The first-order valence-electron chi connectivity index (χ1n) is 8.40. The summed E-state index contributed by atoms with van der Waals surface area (Å²) in [5.74, 6) is 0. The monoisotopic (exact) mass is 410 g/mol. The smallest absolute Gasteiger partial charge is 0.294 e. The van der Waals surface area contributed by atoms with Crippen molar-refractivity contribution in [1.29, 1.82) is 0 Å². The van der Waals surface area contributed by atoms with Crippen LogP contribution in [0.15, 0.2) is 86.0 Å². The van der Waals surface area contributed by atoms with Gasteiger partial charge >= 0.3 is 0 Å². The second-order valence-corrected chi connectivity index (χ2v) is 7.51. The van der Waals surface area contributed by atoms with Crippen LogP contribution in [0.1, 0.15) is 5.56 Å². The third-order valence-corrected chi connectivity index (χ3v) is 4.86. The lowest BCUT2D eigenvalue weighted by Gasteiger charge is -2.09. The van der Waals surface area contributed by atoms with Gasteiger partial charge in [-0.05, 0) is 55.0 Å². The summed E-state index contributed by atoms with van der Waals surface area (Å²) < 4.78 is 31.2. The first-order chi connectivity index (χ1) is 13.8. The highest BCUT2D eigenvalue weighted by Gasteiger charge is 2.13. The average molecular weight is 410 g/mol. The Labute approximate surface area is 167 Å². The predicted octanol–water partition coefficient (Wildman–Crippen LogP) is 5.24. The van der Waals surface area contributed by atoms with Crippen molar-refractivity contribution in [3.8, 4) is 0 Å². The fourth-order valence-corrected chi connectivity index (χ4v) is 2.88. The molecule has 0 saturated heterocycles. The number of nitrogen functional groups attached to an aromatic ring is 2. The number of nitrogens with two attached hydrogens (primary N) is 2. The van der Waals surface area contributed by atoms with Gasteiger partial charge in [-0.15, -0.1) is 10.2 Å². The van der Waals surface area contributed by atoms with Crippen LogP contribution in [0.25, 0.3) is 0 Å². The molecule has 0 heterocycles. The molecule has 10 heteroatoms. The minimum atomic E-state index is -4.27. The van der Waals surface area contributed by atoms with Crippen molar-refractivity contribution >= 4 is 44.2 Å². The van der Waals surface area contributed by atoms with Gasteiger partial charge in [-0.1, -0.05) is 18.2 Å². The Kier molecular flexibility index (Phi) is 5.66.